The Morgan fingerprint density at radius 3 is 2.68 bits per heavy atom. The minimum absolute atomic E-state index is 0. The molecule has 0 bridgehead atoms. The molecule has 1 saturated heterocycles. The Kier molecular flexibility index (Phi) is 7.03. The van der Waals surface area contributed by atoms with E-state index in [1.165, 1.54) is 7.11 Å². The highest BCUT2D eigenvalue weighted by molar-refractivity contribution is 6.30. The number of aromatic nitrogens is 1. The number of ether oxygens (including phenoxy) is 1. The van der Waals surface area contributed by atoms with Gasteiger partial charge in [0, 0.05) is 24.2 Å². The van der Waals surface area contributed by atoms with Crippen molar-refractivity contribution in [2.24, 2.45) is 5.73 Å². The van der Waals surface area contributed by atoms with Crippen LogP contribution in [0.5, 0.6) is 5.75 Å². The summed E-state index contributed by atoms with van der Waals surface area (Å²) in [5.74, 6) is 0.448. The number of carbonyl (C=O) groups excluding carboxylic acids is 1. The number of carbonyl (C=O) groups is 1. The van der Waals surface area contributed by atoms with Gasteiger partial charge in [-0.3, -0.25) is 4.79 Å². The van der Waals surface area contributed by atoms with Gasteiger partial charge in [0.2, 0.25) is 5.91 Å². The molecule has 0 aliphatic carbocycles. The number of benzene rings is 2. The van der Waals surface area contributed by atoms with E-state index in [0.29, 0.717) is 39.7 Å². The molecule has 31 heavy (non-hydrogen) atoms. The van der Waals surface area contributed by atoms with Crippen LogP contribution in [0.15, 0.2) is 54.7 Å². The first-order valence-corrected chi connectivity index (χ1v) is 9.98. The number of hydrogen-bond acceptors (Lipinski definition) is 4. The minimum Gasteiger partial charge on any atom is -0.496 e. The Bertz CT molecular complexity index is 1090. The normalized spacial score (nSPS) is 15.1. The first kappa shape index (κ1) is 22.8. The molecule has 1 atom stereocenters. The Morgan fingerprint density at radius 2 is 2.10 bits per heavy atom. The van der Waals surface area contributed by atoms with Crippen molar-refractivity contribution in [3.63, 3.8) is 0 Å². The Morgan fingerprint density at radius 1 is 1.29 bits per heavy atom. The molecular formula is C23H22Cl2FN3O2. The minimum atomic E-state index is -0.350. The topological polar surface area (TPSA) is 68.5 Å². The summed E-state index contributed by atoms with van der Waals surface area (Å²) in [7, 11) is 1.51. The van der Waals surface area contributed by atoms with Gasteiger partial charge < -0.3 is 15.4 Å². The second kappa shape index (κ2) is 9.54. The first-order chi connectivity index (χ1) is 14.5. The van der Waals surface area contributed by atoms with Gasteiger partial charge in [-0.25, -0.2) is 9.37 Å². The zero-order chi connectivity index (χ0) is 21.3. The molecule has 1 aromatic heterocycles. The number of halogens is 3. The molecule has 1 aliphatic heterocycles. The number of pyridine rings is 1. The van der Waals surface area contributed by atoms with Crippen LogP contribution in [0.1, 0.15) is 17.5 Å². The zero-order valence-corrected chi connectivity index (χ0v) is 18.4. The molecule has 0 saturated carbocycles. The number of primary amides is 1. The fourth-order valence-corrected chi connectivity index (χ4v) is 3.88. The lowest BCUT2D eigenvalue weighted by Gasteiger charge is -2.39. The molecule has 2 aromatic carbocycles. The van der Waals surface area contributed by atoms with Crippen LogP contribution >= 0.6 is 24.0 Å². The average Bonchev–Trinajstić information content (AvgIpc) is 2.69. The maximum Gasteiger partial charge on any atom is 0.240 e. The monoisotopic (exact) mass is 461 g/mol. The summed E-state index contributed by atoms with van der Waals surface area (Å²) in [6.07, 6.45) is 2.81. The van der Waals surface area contributed by atoms with E-state index >= 15 is 4.39 Å². The third-order valence-corrected chi connectivity index (χ3v) is 5.60. The molecule has 1 fully saturated rings. The second-order valence-electron chi connectivity index (χ2n) is 7.23. The van der Waals surface area contributed by atoms with Crippen molar-refractivity contribution in [3.8, 4) is 16.9 Å². The van der Waals surface area contributed by atoms with Crippen LogP contribution < -0.4 is 15.4 Å². The standard InChI is InChI=1S/C23H21ClFN3O2.ClH/c1-30-19-7-6-16(22(25)21(19)15-3-2-4-17(24)12-15)11-14-5-8-20(27-13-14)28-10-9-18(28)23(26)29;/h2-8,12-13,18H,9-11H2,1H3,(H2,26,29);1H/t18-;/m1./s1. The highest BCUT2D eigenvalue weighted by atomic mass is 35.5. The van der Waals surface area contributed by atoms with Gasteiger partial charge in [-0.15, -0.1) is 12.4 Å². The molecule has 0 unspecified atom stereocenters. The van der Waals surface area contributed by atoms with Crippen molar-refractivity contribution in [1.82, 2.24) is 4.98 Å². The highest BCUT2D eigenvalue weighted by Gasteiger charge is 2.33. The maximum absolute atomic E-state index is 15.4. The Balaban J connectivity index is 0.00000272. The molecule has 2 heterocycles. The molecule has 2 N–H and O–H groups in total. The molecular weight excluding hydrogens is 440 g/mol. The number of nitrogens with two attached hydrogens (primary N) is 1. The number of amides is 1. The molecule has 0 spiro atoms. The molecule has 5 nitrogen and oxygen atoms in total. The quantitative estimate of drug-likeness (QED) is 0.580. The van der Waals surface area contributed by atoms with Crippen molar-refractivity contribution >= 4 is 35.7 Å². The summed E-state index contributed by atoms with van der Waals surface area (Å²) < 4.78 is 20.8. The lowest BCUT2D eigenvalue weighted by atomic mass is 9.97. The SMILES string of the molecule is COc1ccc(Cc2ccc(N3CC[C@@H]3C(N)=O)nc2)c(F)c1-c1cccc(Cl)c1.Cl. The third kappa shape index (κ3) is 4.60. The second-order valence-corrected chi connectivity index (χ2v) is 7.66. The third-order valence-electron chi connectivity index (χ3n) is 5.36. The van der Waals surface area contributed by atoms with Gasteiger partial charge in [-0.2, -0.15) is 0 Å². The Hall–Kier alpha value is -2.83. The van der Waals surface area contributed by atoms with Gasteiger partial charge in [-0.05, 0) is 47.4 Å². The highest BCUT2D eigenvalue weighted by Crippen LogP contribution is 2.36. The lowest BCUT2D eigenvalue weighted by molar-refractivity contribution is -0.120. The summed E-state index contributed by atoms with van der Waals surface area (Å²) in [6, 6.07) is 13.9. The van der Waals surface area contributed by atoms with E-state index in [0.717, 1.165) is 18.5 Å². The zero-order valence-electron chi connectivity index (χ0n) is 16.8. The van der Waals surface area contributed by atoms with Crippen LogP contribution in [0.3, 0.4) is 0 Å². The van der Waals surface area contributed by atoms with E-state index in [1.54, 1.807) is 42.6 Å². The van der Waals surface area contributed by atoms with E-state index in [9.17, 15) is 4.79 Å². The van der Waals surface area contributed by atoms with Crippen molar-refractivity contribution in [1.29, 1.82) is 0 Å². The lowest BCUT2D eigenvalue weighted by Crippen LogP contribution is -2.55. The van der Waals surface area contributed by atoms with Crippen molar-refractivity contribution in [2.45, 2.75) is 18.9 Å². The molecule has 4 rings (SSSR count). The molecule has 8 heteroatoms. The van der Waals surface area contributed by atoms with Gasteiger partial charge in [-0.1, -0.05) is 35.9 Å². The van der Waals surface area contributed by atoms with Gasteiger partial charge in [0.05, 0.1) is 12.7 Å². The predicted molar refractivity (Wildman–Crippen MR) is 123 cm³/mol. The molecule has 1 amide bonds. The maximum atomic E-state index is 15.4. The Labute approximate surface area is 191 Å². The van der Waals surface area contributed by atoms with Gasteiger partial charge in [0.1, 0.15) is 23.4 Å². The first-order valence-electron chi connectivity index (χ1n) is 9.60. The van der Waals surface area contributed by atoms with E-state index in [-0.39, 0.29) is 30.2 Å². The van der Waals surface area contributed by atoms with Crippen LogP contribution in [0, 0.1) is 5.82 Å². The fraction of sp³-hybridized carbons (Fsp3) is 0.217. The molecule has 0 radical (unpaired) electrons. The number of anilines is 1. The number of methoxy groups -OCH3 is 1. The summed E-state index contributed by atoms with van der Waals surface area (Å²) in [4.78, 5) is 17.7. The molecule has 1 aliphatic rings. The van der Waals surface area contributed by atoms with Crippen LogP contribution in [0.4, 0.5) is 10.2 Å². The van der Waals surface area contributed by atoms with Gasteiger partial charge in [0.25, 0.3) is 0 Å². The van der Waals surface area contributed by atoms with Gasteiger partial charge >= 0.3 is 0 Å². The van der Waals surface area contributed by atoms with E-state index < -0.39 is 0 Å². The van der Waals surface area contributed by atoms with E-state index in [1.807, 2.05) is 17.0 Å². The molecule has 3 aromatic rings. The summed E-state index contributed by atoms with van der Waals surface area (Å²) in [5.41, 5.74) is 7.82. The van der Waals surface area contributed by atoms with E-state index in [2.05, 4.69) is 4.98 Å². The number of hydrogen-bond donors (Lipinski definition) is 1. The largest absolute Gasteiger partial charge is 0.496 e. The van der Waals surface area contributed by atoms with E-state index in [4.69, 9.17) is 22.1 Å². The summed E-state index contributed by atoms with van der Waals surface area (Å²) in [5, 5.41) is 0.527. The number of rotatable bonds is 6. The van der Waals surface area contributed by atoms with Crippen LogP contribution in [0.2, 0.25) is 5.02 Å². The number of nitrogens with zero attached hydrogens (tertiary/aromatic N) is 2. The van der Waals surface area contributed by atoms with Crippen LogP contribution in [-0.2, 0) is 11.2 Å². The summed E-state index contributed by atoms with van der Waals surface area (Å²) in [6.45, 7) is 0.746. The predicted octanol–water partition coefficient (Wildman–Crippen LogP) is 4.63. The van der Waals surface area contributed by atoms with Gasteiger partial charge in [0.15, 0.2) is 0 Å². The smallest absolute Gasteiger partial charge is 0.240 e. The fourth-order valence-electron chi connectivity index (χ4n) is 3.69. The average molecular weight is 462 g/mol. The van der Waals surface area contributed by atoms with Crippen molar-refractivity contribution in [2.75, 3.05) is 18.6 Å². The molecule has 162 valence electrons. The summed E-state index contributed by atoms with van der Waals surface area (Å²) >= 11 is 6.09. The van der Waals surface area contributed by atoms with Crippen molar-refractivity contribution in [3.05, 3.63) is 76.7 Å². The van der Waals surface area contributed by atoms with Crippen LogP contribution in [0.25, 0.3) is 11.1 Å². The van der Waals surface area contributed by atoms with Crippen LogP contribution in [-0.4, -0.2) is 30.6 Å². The van der Waals surface area contributed by atoms with Crippen molar-refractivity contribution < 1.29 is 13.9 Å².